The number of hydrogen-bond donors (Lipinski definition) is 2. The fraction of sp³-hybridized carbons (Fsp3) is 0.188. The van der Waals surface area contributed by atoms with Gasteiger partial charge < -0.3 is 24.8 Å². The zero-order valence-electron chi connectivity index (χ0n) is 13.0. The molecule has 2 aromatic carbocycles. The predicted molar refractivity (Wildman–Crippen MR) is 97.4 cm³/mol. The van der Waals surface area contributed by atoms with Crippen LogP contribution in [0.1, 0.15) is 0 Å². The number of hydrogen-bond acceptors (Lipinski definition) is 4. The van der Waals surface area contributed by atoms with E-state index in [1.165, 1.54) is 0 Å². The van der Waals surface area contributed by atoms with Gasteiger partial charge in [-0.25, -0.2) is 0 Å². The van der Waals surface area contributed by atoms with Gasteiger partial charge in [-0.1, -0.05) is 11.6 Å². The number of ether oxygens (including phenoxy) is 3. The van der Waals surface area contributed by atoms with Gasteiger partial charge in [-0.05, 0) is 42.5 Å². The number of methoxy groups -OCH3 is 3. The van der Waals surface area contributed by atoms with Crippen molar-refractivity contribution in [2.75, 3.05) is 32.0 Å². The van der Waals surface area contributed by atoms with Gasteiger partial charge in [0, 0.05) is 17.4 Å². The van der Waals surface area contributed by atoms with Crippen LogP contribution in [0.25, 0.3) is 0 Å². The molecule has 0 fully saturated rings. The van der Waals surface area contributed by atoms with Crippen molar-refractivity contribution < 1.29 is 14.2 Å². The molecular formula is C16H17ClN2O3S. The molecule has 0 amide bonds. The molecule has 0 aliphatic heterocycles. The maximum Gasteiger partial charge on any atom is 0.175 e. The molecule has 23 heavy (non-hydrogen) atoms. The molecular weight excluding hydrogens is 336 g/mol. The molecule has 0 saturated carbocycles. The highest BCUT2D eigenvalue weighted by atomic mass is 35.5. The fourth-order valence-electron chi connectivity index (χ4n) is 1.95. The van der Waals surface area contributed by atoms with Crippen LogP contribution < -0.4 is 24.8 Å². The van der Waals surface area contributed by atoms with Crippen LogP contribution in [0.3, 0.4) is 0 Å². The Morgan fingerprint density at radius 2 is 1.35 bits per heavy atom. The molecule has 0 unspecified atom stereocenters. The Kier molecular flexibility index (Phi) is 5.90. The summed E-state index contributed by atoms with van der Waals surface area (Å²) in [5.41, 5.74) is 1.54. The molecule has 0 aromatic heterocycles. The number of thiocarbonyl (C=S) groups is 1. The monoisotopic (exact) mass is 352 g/mol. The smallest absolute Gasteiger partial charge is 0.175 e. The average molecular weight is 353 g/mol. The molecule has 0 aliphatic carbocycles. The lowest BCUT2D eigenvalue weighted by Crippen LogP contribution is -2.19. The van der Waals surface area contributed by atoms with E-state index < -0.39 is 0 Å². The summed E-state index contributed by atoms with van der Waals surface area (Å²) in [6.45, 7) is 0. The fourth-order valence-corrected chi connectivity index (χ4v) is 2.44. The third-order valence-electron chi connectivity index (χ3n) is 3.05. The summed E-state index contributed by atoms with van der Waals surface area (Å²) in [7, 11) is 4.74. The zero-order chi connectivity index (χ0) is 16.8. The highest BCUT2D eigenvalue weighted by molar-refractivity contribution is 7.80. The van der Waals surface area contributed by atoms with Crippen LogP contribution in [0.2, 0.25) is 5.02 Å². The maximum atomic E-state index is 6.09. The molecule has 2 aromatic rings. The third kappa shape index (κ3) is 4.40. The van der Waals surface area contributed by atoms with Gasteiger partial charge >= 0.3 is 0 Å². The molecule has 7 heteroatoms. The first-order valence-electron chi connectivity index (χ1n) is 6.71. The molecule has 0 saturated heterocycles. The summed E-state index contributed by atoms with van der Waals surface area (Å²) in [6, 6.07) is 10.8. The average Bonchev–Trinajstić information content (AvgIpc) is 2.54. The minimum Gasteiger partial charge on any atom is -0.495 e. The number of benzene rings is 2. The SMILES string of the molecule is COc1ccc(NC(=S)Nc2ccc(OC)c(OC)c2)cc1Cl. The van der Waals surface area contributed by atoms with E-state index >= 15 is 0 Å². The summed E-state index contributed by atoms with van der Waals surface area (Å²) in [6.07, 6.45) is 0. The normalized spacial score (nSPS) is 9.91. The van der Waals surface area contributed by atoms with Crippen molar-refractivity contribution in [3.8, 4) is 17.2 Å². The van der Waals surface area contributed by atoms with E-state index in [1.807, 2.05) is 12.1 Å². The van der Waals surface area contributed by atoms with Gasteiger partial charge in [0.2, 0.25) is 0 Å². The second-order valence-corrected chi connectivity index (χ2v) is 5.31. The van der Waals surface area contributed by atoms with Gasteiger partial charge in [0.05, 0.1) is 26.4 Å². The summed E-state index contributed by atoms with van der Waals surface area (Å²) >= 11 is 11.4. The highest BCUT2D eigenvalue weighted by Crippen LogP contribution is 2.30. The van der Waals surface area contributed by atoms with E-state index in [2.05, 4.69) is 10.6 Å². The first kappa shape index (κ1) is 17.2. The molecule has 0 atom stereocenters. The van der Waals surface area contributed by atoms with E-state index in [-0.39, 0.29) is 0 Å². The van der Waals surface area contributed by atoms with Crippen LogP contribution >= 0.6 is 23.8 Å². The van der Waals surface area contributed by atoms with Crippen molar-refractivity contribution in [1.29, 1.82) is 0 Å². The summed E-state index contributed by atoms with van der Waals surface area (Å²) in [5, 5.41) is 7.07. The Bertz CT molecular complexity index is 710. The maximum absolute atomic E-state index is 6.09. The second kappa shape index (κ2) is 7.89. The molecule has 0 bridgehead atoms. The van der Waals surface area contributed by atoms with Crippen LogP contribution in [0, 0.1) is 0 Å². The number of anilines is 2. The quantitative estimate of drug-likeness (QED) is 0.787. The Balaban J connectivity index is 2.06. The molecule has 2 N–H and O–H groups in total. The van der Waals surface area contributed by atoms with Crippen molar-refractivity contribution in [3.63, 3.8) is 0 Å². The van der Waals surface area contributed by atoms with Crippen LogP contribution in [0.15, 0.2) is 36.4 Å². The molecule has 122 valence electrons. The second-order valence-electron chi connectivity index (χ2n) is 4.50. The minimum absolute atomic E-state index is 0.429. The van der Waals surface area contributed by atoms with Gasteiger partial charge in [0.25, 0.3) is 0 Å². The Morgan fingerprint density at radius 3 is 1.87 bits per heavy atom. The van der Waals surface area contributed by atoms with Crippen molar-refractivity contribution in [1.82, 2.24) is 0 Å². The van der Waals surface area contributed by atoms with E-state index in [0.717, 1.165) is 11.4 Å². The van der Waals surface area contributed by atoms with Gasteiger partial charge in [0.15, 0.2) is 16.6 Å². The first-order chi connectivity index (χ1) is 11.1. The van der Waals surface area contributed by atoms with E-state index in [1.54, 1.807) is 45.6 Å². The number of nitrogens with one attached hydrogen (secondary N) is 2. The Hall–Kier alpha value is -2.18. The van der Waals surface area contributed by atoms with Gasteiger partial charge in [-0.3, -0.25) is 0 Å². The summed E-state index contributed by atoms with van der Waals surface area (Å²) in [5.74, 6) is 1.88. The van der Waals surface area contributed by atoms with Crippen molar-refractivity contribution in [2.45, 2.75) is 0 Å². The van der Waals surface area contributed by atoms with E-state index in [9.17, 15) is 0 Å². The van der Waals surface area contributed by atoms with Crippen LogP contribution in [-0.4, -0.2) is 26.4 Å². The number of rotatable bonds is 5. The minimum atomic E-state index is 0.429. The highest BCUT2D eigenvalue weighted by Gasteiger charge is 2.07. The van der Waals surface area contributed by atoms with Gasteiger partial charge in [-0.15, -0.1) is 0 Å². The zero-order valence-corrected chi connectivity index (χ0v) is 14.5. The summed E-state index contributed by atoms with van der Waals surface area (Å²) < 4.78 is 15.6. The Labute approximate surface area is 145 Å². The molecule has 0 aliphatic rings. The molecule has 0 heterocycles. The largest absolute Gasteiger partial charge is 0.495 e. The van der Waals surface area contributed by atoms with Crippen LogP contribution in [-0.2, 0) is 0 Å². The molecule has 2 rings (SSSR count). The third-order valence-corrected chi connectivity index (χ3v) is 3.55. The van der Waals surface area contributed by atoms with Gasteiger partial charge in [-0.2, -0.15) is 0 Å². The lowest BCUT2D eigenvalue weighted by atomic mass is 10.2. The van der Waals surface area contributed by atoms with Gasteiger partial charge in [0.1, 0.15) is 5.75 Å². The summed E-state index contributed by atoms with van der Waals surface area (Å²) in [4.78, 5) is 0. The van der Waals surface area contributed by atoms with Crippen LogP contribution in [0.4, 0.5) is 11.4 Å². The standard InChI is InChI=1S/C16H17ClN2O3S/c1-20-13-6-4-10(8-12(13)17)18-16(23)19-11-5-7-14(21-2)15(9-11)22-3/h4-9H,1-3H3,(H2,18,19,23). The van der Waals surface area contributed by atoms with Crippen LogP contribution in [0.5, 0.6) is 17.2 Å². The predicted octanol–water partition coefficient (Wildman–Crippen LogP) is 4.17. The number of halogens is 1. The van der Waals surface area contributed by atoms with Crippen molar-refractivity contribution in [2.24, 2.45) is 0 Å². The lowest BCUT2D eigenvalue weighted by molar-refractivity contribution is 0.355. The molecule has 5 nitrogen and oxygen atoms in total. The van der Waals surface area contributed by atoms with Crippen molar-refractivity contribution >= 4 is 40.3 Å². The first-order valence-corrected chi connectivity index (χ1v) is 7.49. The van der Waals surface area contributed by atoms with E-state index in [4.69, 9.17) is 38.0 Å². The van der Waals surface area contributed by atoms with Crippen molar-refractivity contribution in [3.05, 3.63) is 41.4 Å². The lowest BCUT2D eigenvalue weighted by Gasteiger charge is -2.13. The Morgan fingerprint density at radius 1 is 0.826 bits per heavy atom. The molecule has 0 radical (unpaired) electrons. The topological polar surface area (TPSA) is 51.8 Å². The molecule has 0 spiro atoms. The van der Waals surface area contributed by atoms with E-state index in [0.29, 0.717) is 27.4 Å².